The minimum atomic E-state index is -4.80. The predicted octanol–water partition coefficient (Wildman–Crippen LogP) is 0.157. The number of anilines is 1. The number of amides is 3. The van der Waals surface area contributed by atoms with Crippen LogP contribution in [0.2, 0.25) is 0 Å². The fourth-order valence-corrected chi connectivity index (χ4v) is 3.45. The number of para-hydroxylation sites is 1. The summed E-state index contributed by atoms with van der Waals surface area (Å²) in [7, 11) is -3.12. The molecule has 0 saturated carbocycles. The summed E-state index contributed by atoms with van der Waals surface area (Å²) in [6, 6.07) is 7.13. The molecule has 2 aliphatic rings. The molecule has 2 N–H and O–H groups in total. The van der Waals surface area contributed by atoms with Crippen molar-refractivity contribution in [3.8, 4) is 0 Å². The zero-order valence-electron chi connectivity index (χ0n) is 13.4. The number of nitrogens with one attached hydrogen (secondary N) is 1. The van der Waals surface area contributed by atoms with E-state index in [0.29, 0.717) is 17.9 Å². The number of nitrogens with zero attached hydrogens (tertiary/aromatic N) is 3. The van der Waals surface area contributed by atoms with Gasteiger partial charge in [-0.3, -0.25) is 19.8 Å². The van der Waals surface area contributed by atoms with E-state index in [1.807, 2.05) is 30.3 Å². The Kier molecular flexibility index (Phi) is 4.54. The number of carbonyl (C=O) groups is 2. The van der Waals surface area contributed by atoms with Gasteiger partial charge in [-0.15, -0.1) is 4.28 Å². The molecule has 2 bridgehead atoms. The van der Waals surface area contributed by atoms with Crippen LogP contribution in [0.5, 0.6) is 0 Å². The van der Waals surface area contributed by atoms with E-state index in [1.165, 1.54) is 4.90 Å². The van der Waals surface area contributed by atoms with E-state index in [9.17, 15) is 18.0 Å². The molecule has 11 heteroatoms. The maximum atomic E-state index is 12.5. The summed E-state index contributed by atoms with van der Waals surface area (Å²) >= 11 is 0. The summed E-state index contributed by atoms with van der Waals surface area (Å²) in [5, 5.41) is 2.16. The summed E-state index contributed by atoms with van der Waals surface area (Å²) in [6.45, 7) is 0.154. The monoisotopic (exact) mass is 370 g/mol. The van der Waals surface area contributed by atoms with E-state index >= 15 is 0 Å². The van der Waals surface area contributed by atoms with E-state index in [-0.39, 0.29) is 12.5 Å². The van der Waals surface area contributed by atoms with Gasteiger partial charge >= 0.3 is 16.4 Å². The van der Waals surface area contributed by atoms with Crippen LogP contribution in [0.15, 0.2) is 30.3 Å². The highest BCUT2D eigenvalue weighted by Crippen LogP contribution is 2.30. The van der Waals surface area contributed by atoms with Crippen molar-refractivity contribution in [1.82, 2.24) is 15.4 Å². The molecule has 2 heterocycles. The van der Waals surface area contributed by atoms with Crippen LogP contribution in [0, 0.1) is 0 Å². The van der Waals surface area contributed by atoms with E-state index < -0.39 is 28.5 Å². The molecule has 0 spiro atoms. The molecule has 2 fully saturated rings. The summed E-state index contributed by atoms with van der Waals surface area (Å²) in [5.41, 5.74) is 3.48. The number of hydrogen-bond donors (Lipinski definition) is 2. The zero-order valence-corrected chi connectivity index (χ0v) is 14.2. The maximum absolute atomic E-state index is 12.5. The first-order chi connectivity index (χ1) is 11.8. The number of urea groups is 1. The number of piperidine rings is 1. The van der Waals surface area contributed by atoms with Crippen LogP contribution in [0.25, 0.3) is 0 Å². The largest absolute Gasteiger partial charge is 0.418 e. The van der Waals surface area contributed by atoms with E-state index in [0.717, 1.165) is 5.69 Å². The Morgan fingerprint density at radius 1 is 1.32 bits per heavy atom. The van der Waals surface area contributed by atoms with Crippen LogP contribution in [-0.4, -0.2) is 60.5 Å². The third-order valence-corrected chi connectivity index (χ3v) is 4.57. The van der Waals surface area contributed by atoms with Crippen LogP contribution in [0.3, 0.4) is 0 Å². The minimum Gasteiger partial charge on any atom is -0.309 e. The van der Waals surface area contributed by atoms with Gasteiger partial charge < -0.3 is 4.90 Å². The van der Waals surface area contributed by atoms with Gasteiger partial charge in [0.15, 0.2) is 0 Å². The zero-order chi connectivity index (χ0) is 18.2. The average Bonchev–Trinajstić information content (AvgIpc) is 2.79. The molecule has 1 aromatic rings. The van der Waals surface area contributed by atoms with Gasteiger partial charge in [0.25, 0.3) is 5.91 Å². The first-order valence-electron chi connectivity index (χ1n) is 7.62. The Labute approximate surface area is 144 Å². The van der Waals surface area contributed by atoms with E-state index in [4.69, 9.17) is 4.55 Å². The minimum absolute atomic E-state index is 0.154. The second-order valence-corrected chi connectivity index (χ2v) is 6.89. The Morgan fingerprint density at radius 3 is 2.64 bits per heavy atom. The van der Waals surface area contributed by atoms with Gasteiger partial charge in [-0.05, 0) is 25.0 Å². The molecule has 10 nitrogen and oxygen atoms in total. The number of carbonyl (C=O) groups excluding carboxylic acids is 2. The first kappa shape index (κ1) is 17.5. The molecule has 0 aromatic heterocycles. The molecule has 25 heavy (non-hydrogen) atoms. The van der Waals surface area contributed by atoms with Crippen molar-refractivity contribution in [2.75, 3.05) is 18.6 Å². The van der Waals surface area contributed by atoms with Crippen molar-refractivity contribution in [2.45, 2.75) is 24.9 Å². The van der Waals surface area contributed by atoms with Crippen LogP contribution in [0.1, 0.15) is 12.8 Å². The van der Waals surface area contributed by atoms with E-state index in [1.54, 1.807) is 12.1 Å². The predicted molar refractivity (Wildman–Crippen MR) is 86.4 cm³/mol. The lowest BCUT2D eigenvalue weighted by Crippen LogP contribution is -2.53. The second kappa shape index (κ2) is 6.50. The number of hydrazine groups is 1. The van der Waals surface area contributed by atoms with Crippen molar-refractivity contribution < 1.29 is 26.8 Å². The third kappa shape index (κ3) is 3.67. The van der Waals surface area contributed by atoms with Crippen LogP contribution < -0.4 is 10.4 Å². The smallest absolute Gasteiger partial charge is 0.309 e. The highest BCUT2D eigenvalue weighted by atomic mass is 32.3. The van der Waals surface area contributed by atoms with Gasteiger partial charge in [0.2, 0.25) is 0 Å². The van der Waals surface area contributed by atoms with Crippen LogP contribution in [-0.2, 0) is 19.5 Å². The van der Waals surface area contributed by atoms with Gasteiger partial charge in [-0.25, -0.2) is 4.79 Å². The highest BCUT2D eigenvalue weighted by molar-refractivity contribution is 7.80. The summed E-state index contributed by atoms with van der Waals surface area (Å²) in [5.74, 6) is -0.383. The fraction of sp³-hybridized carbons (Fsp3) is 0.429. The molecular weight excluding hydrogens is 352 g/mol. The molecule has 1 aromatic carbocycles. The Morgan fingerprint density at radius 2 is 2.00 bits per heavy atom. The number of fused-ring (bicyclic) bond motifs is 2. The van der Waals surface area contributed by atoms with Gasteiger partial charge in [-0.2, -0.15) is 13.5 Å². The molecular formula is C14H18N4O6S. The molecule has 136 valence electrons. The van der Waals surface area contributed by atoms with Crippen molar-refractivity contribution in [1.29, 1.82) is 0 Å². The second-order valence-electron chi connectivity index (χ2n) is 5.88. The average molecular weight is 370 g/mol. The first-order valence-corrected chi connectivity index (χ1v) is 8.99. The van der Waals surface area contributed by atoms with Crippen molar-refractivity contribution >= 4 is 28.0 Å². The fourth-order valence-electron chi connectivity index (χ4n) is 3.06. The summed E-state index contributed by atoms with van der Waals surface area (Å²) in [6.07, 6.45) is 0.737. The summed E-state index contributed by atoms with van der Waals surface area (Å²) in [4.78, 5) is 26.1. The normalized spacial score (nSPS) is 22.9. The molecule has 2 saturated heterocycles. The maximum Gasteiger partial charge on any atom is 0.418 e. The van der Waals surface area contributed by atoms with Gasteiger partial charge in [0.1, 0.15) is 6.04 Å². The highest BCUT2D eigenvalue weighted by Gasteiger charge is 2.49. The Balaban J connectivity index is 1.68. The summed E-state index contributed by atoms with van der Waals surface area (Å²) < 4.78 is 34.9. The molecule has 2 aliphatic heterocycles. The number of rotatable bonds is 5. The topological polar surface area (TPSA) is 119 Å². The van der Waals surface area contributed by atoms with Crippen molar-refractivity contribution in [2.24, 2.45) is 0 Å². The van der Waals surface area contributed by atoms with E-state index in [2.05, 4.69) is 9.71 Å². The molecule has 3 rings (SSSR count). The molecule has 2 atom stereocenters. The number of benzene rings is 1. The van der Waals surface area contributed by atoms with Crippen molar-refractivity contribution in [3.63, 3.8) is 0 Å². The number of hydroxylamine groups is 2. The van der Waals surface area contributed by atoms with Crippen molar-refractivity contribution in [3.05, 3.63) is 30.3 Å². The van der Waals surface area contributed by atoms with Gasteiger partial charge in [0.05, 0.1) is 11.7 Å². The van der Waals surface area contributed by atoms with Crippen LogP contribution in [0.4, 0.5) is 10.5 Å². The standard InChI is InChI=1S/C14H18N4O6S/c1-16(10-5-3-2-4-6-10)15-13(19)12-8-7-11-9-17(12)14(20)18(11)24-25(21,22)23/h2-6,11-12H,7-9H2,1H3,(H,15,19)(H,21,22,23)/t11-,12+/m1/s1. The molecule has 0 radical (unpaired) electrons. The van der Waals surface area contributed by atoms with Crippen LogP contribution >= 0.6 is 0 Å². The molecule has 3 amide bonds. The lowest BCUT2D eigenvalue weighted by Gasteiger charge is -2.31. The van der Waals surface area contributed by atoms with Gasteiger partial charge in [0, 0.05) is 13.6 Å². The molecule has 0 aliphatic carbocycles. The SMILES string of the molecule is CN(NC(=O)[C@@H]1CC[C@@H]2CN1C(=O)N2OS(=O)(=O)O)c1ccccc1. The molecule has 0 unspecified atom stereocenters. The number of hydrogen-bond acceptors (Lipinski definition) is 6. The third-order valence-electron chi connectivity index (χ3n) is 4.22. The lowest BCUT2D eigenvalue weighted by atomic mass is 10.0. The van der Waals surface area contributed by atoms with Gasteiger partial charge in [-0.1, -0.05) is 18.2 Å². The lowest BCUT2D eigenvalue weighted by molar-refractivity contribution is -0.126. The Hall–Kier alpha value is -2.37. The quantitative estimate of drug-likeness (QED) is 0.559. The Bertz CT molecular complexity index is 771.